The number of aromatic nitrogens is 2. The Balaban J connectivity index is 1.59. The maximum Gasteiger partial charge on any atom is 0.264 e. The summed E-state index contributed by atoms with van der Waals surface area (Å²) in [5, 5.41) is 0.435. The van der Waals surface area contributed by atoms with Crippen molar-refractivity contribution in [1.29, 1.82) is 0 Å². The van der Waals surface area contributed by atoms with Gasteiger partial charge in [-0.3, -0.25) is 19.0 Å². The predicted octanol–water partition coefficient (Wildman–Crippen LogP) is 0.0128. The van der Waals surface area contributed by atoms with Crippen molar-refractivity contribution in [1.82, 2.24) is 24.3 Å². The molecule has 2 aliphatic heterocycles. The molecule has 2 aromatic rings. The third-order valence-corrected chi connectivity index (χ3v) is 6.76. The average Bonchev–Trinajstić information content (AvgIpc) is 3.08. The average molecular weight is 420 g/mol. The van der Waals surface area contributed by atoms with Gasteiger partial charge >= 0.3 is 0 Å². The van der Waals surface area contributed by atoms with Gasteiger partial charge in [-0.15, -0.1) is 11.3 Å². The van der Waals surface area contributed by atoms with Gasteiger partial charge in [0.15, 0.2) is 0 Å². The Labute approximate surface area is 172 Å². The van der Waals surface area contributed by atoms with Crippen LogP contribution < -0.4 is 5.56 Å². The summed E-state index contributed by atoms with van der Waals surface area (Å²) in [6.07, 6.45) is 1.41. The first kappa shape index (κ1) is 20.0. The number of thiophene rings is 1. The molecule has 2 aromatic heterocycles. The molecule has 4 rings (SSSR count). The molecule has 0 aromatic carbocycles. The van der Waals surface area contributed by atoms with Crippen molar-refractivity contribution in [3.63, 3.8) is 0 Å². The summed E-state index contributed by atoms with van der Waals surface area (Å²) in [5.74, 6) is -0.174. The van der Waals surface area contributed by atoms with Gasteiger partial charge in [-0.25, -0.2) is 4.98 Å². The highest BCUT2D eigenvalue weighted by Crippen LogP contribution is 2.28. The van der Waals surface area contributed by atoms with Crippen molar-refractivity contribution < 1.29 is 14.3 Å². The summed E-state index contributed by atoms with van der Waals surface area (Å²) in [4.78, 5) is 49.7. The third kappa shape index (κ3) is 3.92. The monoisotopic (exact) mass is 419 g/mol. The molecule has 0 N–H and O–H groups in total. The fourth-order valence-electron chi connectivity index (χ4n) is 3.69. The molecule has 2 aliphatic rings. The Morgan fingerprint density at radius 2 is 1.79 bits per heavy atom. The summed E-state index contributed by atoms with van der Waals surface area (Å²) in [7, 11) is 2.04. The molecule has 0 radical (unpaired) electrons. The molecule has 156 valence electrons. The second-order valence-corrected chi connectivity index (χ2v) is 8.50. The van der Waals surface area contributed by atoms with Crippen molar-refractivity contribution in [3.05, 3.63) is 27.1 Å². The Morgan fingerprint density at radius 1 is 1.10 bits per heavy atom. The first-order valence-electron chi connectivity index (χ1n) is 9.77. The number of rotatable bonds is 3. The van der Waals surface area contributed by atoms with E-state index in [1.807, 2.05) is 11.9 Å². The van der Waals surface area contributed by atoms with Gasteiger partial charge in [-0.05, 0) is 19.5 Å². The summed E-state index contributed by atoms with van der Waals surface area (Å²) in [6, 6.07) is 0. The summed E-state index contributed by atoms with van der Waals surface area (Å²) in [6.45, 7) is 6.85. The summed E-state index contributed by atoms with van der Waals surface area (Å²) >= 11 is 1.26. The zero-order valence-electron chi connectivity index (χ0n) is 16.7. The molecular formula is C19H25N5O4S. The van der Waals surface area contributed by atoms with E-state index in [1.54, 1.807) is 11.8 Å². The van der Waals surface area contributed by atoms with Crippen molar-refractivity contribution in [2.45, 2.75) is 13.5 Å². The molecule has 0 aliphatic carbocycles. The van der Waals surface area contributed by atoms with Crippen LogP contribution in [0, 0.1) is 6.92 Å². The van der Waals surface area contributed by atoms with Crippen molar-refractivity contribution in [3.8, 4) is 0 Å². The number of aryl methyl sites for hydroxylation is 1. The quantitative estimate of drug-likeness (QED) is 0.697. The van der Waals surface area contributed by atoms with Gasteiger partial charge in [0.25, 0.3) is 11.5 Å². The van der Waals surface area contributed by atoms with Crippen LogP contribution in [0.25, 0.3) is 10.2 Å². The Bertz CT molecular complexity index is 986. The molecule has 9 nitrogen and oxygen atoms in total. The molecule has 4 heterocycles. The molecule has 0 spiro atoms. The molecule has 2 saturated heterocycles. The smallest absolute Gasteiger partial charge is 0.264 e. The van der Waals surface area contributed by atoms with Crippen LogP contribution >= 0.6 is 11.3 Å². The number of piperazine rings is 1. The summed E-state index contributed by atoms with van der Waals surface area (Å²) in [5.41, 5.74) is 0.377. The van der Waals surface area contributed by atoms with Crippen LogP contribution in [0.5, 0.6) is 0 Å². The third-order valence-electron chi connectivity index (χ3n) is 5.57. The van der Waals surface area contributed by atoms with E-state index in [0.29, 0.717) is 60.1 Å². The second-order valence-electron chi connectivity index (χ2n) is 7.50. The number of ether oxygens (including phenoxy) is 1. The van der Waals surface area contributed by atoms with Gasteiger partial charge in [0.2, 0.25) is 5.91 Å². The van der Waals surface area contributed by atoms with Crippen LogP contribution in [-0.4, -0.2) is 95.6 Å². The largest absolute Gasteiger partial charge is 0.378 e. The van der Waals surface area contributed by atoms with Crippen molar-refractivity contribution in [2.24, 2.45) is 0 Å². The highest BCUT2D eigenvalue weighted by Gasteiger charge is 2.26. The minimum Gasteiger partial charge on any atom is -0.378 e. The number of hydrogen-bond donors (Lipinski definition) is 0. The van der Waals surface area contributed by atoms with Gasteiger partial charge in [-0.2, -0.15) is 0 Å². The van der Waals surface area contributed by atoms with Crippen LogP contribution in [0.2, 0.25) is 0 Å². The van der Waals surface area contributed by atoms with E-state index in [4.69, 9.17) is 4.74 Å². The van der Waals surface area contributed by atoms with Gasteiger partial charge < -0.3 is 19.4 Å². The number of hydrogen-bond acceptors (Lipinski definition) is 7. The Kier molecular flexibility index (Phi) is 5.66. The van der Waals surface area contributed by atoms with Gasteiger partial charge in [-0.1, -0.05) is 0 Å². The lowest BCUT2D eigenvalue weighted by atomic mass is 10.2. The van der Waals surface area contributed by atoms with E-state index in [-0.39, 0.29) is 23.9 Å². The number of amides is 2. The van der Waals surface area contributed by atoms with Crippen LogP contribution in [0.1, 0.15) is 15.2 Å². The van der Waals surface area contributed by atoms with Crippen molar-refractivity contribution >= 4 is 33.4 Å². The zero-order valence-corrected chi connectivity index (χ0v) is 17.5. The first-order valence-corrected chi connectivity index (χ1v) is 10.6. The lowest BCUT2D eigenvalue weighted by molar-refractivity contribution is -0.135. The van der Waals surface area contributed by atoms with E-state index in [9.17, 15) is 14.4 Å². The second kappa shape index (κ2) is 8.21. The molecular weight excluding hydrogens is 394 g/mol. The fourth-order valence-corrected chi connectivity index (χ4v) is 4.79. The molecule has 10 heteroatoms. The van der Waals surface area contributed by atoms with Crippen LogP contribution in [0.3, 0.4) is 0 Å². The maximum atomic E-state index is 13.0. The maximum absolute atomic E-state index is 13.0. The molecule has 2 amide bonds. The lowest BCUT2D eigenvalue weighted by Gasteiger charge is -2.32. The van der Waals surface area contributed by atoms with Gasteiger partial charge in [0.1, 0.15) is 11.4 Å². The zero-order chi connectivity index (χ0) is 20.5. The fraction of sp³-hybridized carbons (Fsp3) is 0.579. The highest BCUT2D eigenvalue weighted by atomic mass is 32.1. The van der Waals surface area contributed by atoms with Crippen molar-refractivity contribution in [2.75, 3.05) is 59.5 Å². The topological polar surface area (TPSA) is 88.0 Å². The van der Waals surface area contributed by atoms with E-state index in [1.165, 1.54) is 22.2 Å². The van der Waals surface area contributed by atoms with E-state index in [2.05, 4.69) is 9.88 Å². The number of fused-ring (bicyclic) bond motifs is 1. The van der Waals surface area contributed by atoms with E-state index >= 15 is 0 Å². The normalized spacial score (nSPS) is 18.4. The number of carbonyl (C=O) groups is 2. The lowest BCUT2D eigenvalue weighted by Crippen LogP contribution is -2.47. The molecule has 0 bridgehead atoms. The van der Waals surface area contributed by atoms with Crippen LogP contribution in [0.4, 0.5) is 0 Å². The summed E-state index contributed by atoms with van der Waals surface area (Å²) < 4.78 is 6.60. The highest BCUT2D eigenvalue weighted by molar-refractivity contribution is 7.20. The SMILES string of the molecule is Cc1c(C(=O)N2CCN(C)CC2)sc2ncn(CC(=O)N3CCOCC3)c(=O)c12. The number of morpholine rings is 1. The van der Waals surface area contributed by atoms with Gasteiger partial charge in [0.05, 0.1) is 29.8 Å². The molecule has 0 saturated carbocycles. The Hall–Kier alpha value is -2.30. The molecule has 0 atom stereocenters. The predicted molar refractivity (Wildman–Crippen MR) is 109 cm³/mol. The minimum absolute atomic E-state index is 0.0473. The first-order chi connectivity index (χ1) is 14.0. The molecule has 0 unspecified atom stereocenters. The number of likely N-dealkylation sites (N-methyl/N-ethyl adjacent to an activating group) is 1. The van der Waals surface area contributed by atoms with Gasteiger partial charge in [0, 0.05) is 39.3 Å². The Morgan fingerprint density at radius 3 is 2.48 bits per heavy atom. The molecule has 29 heavy (non-hydrogen) atoms. The standard InChI is InChI=1S/C19H25N5O4S/c1-13-15-17(29-16(13)19(27)23-5-3-21(2)4-6-23)20-12-24(18(15)26)11-14(25)22-7-9-28-10-8-22/h12H,3-11H2,1-2H3. The minimum atomic E-state index is -0.275. The van der Waals surface area contributed by atoms with E-state index in [0.717, 1.165) is 13.1 Å². The van der Waals surface area contributed by atoms with E-state index < -0.39 is 0 Å². The molecule has 2 fully saturated rings. The van der Waals surface area contributed by atoms with Crippen LogP contribution in [-0.2, 0) is 16.1 Å². The van der Waals surface area contributed by atoms with Crippen LogP contribution in [0.15, 0.2) is 11.1 Å². The number of nitrogens with zero attached hydrogens (tertiary/aromatic N) is 5. The number of carbonyl (C=O) groups excluding carboxylic acids is 2.